The Kier molecular flexibility index (Phi) is 4.22. The molecule has 0 saturated carbocycles. The zero-order valence-electron chi connectivity index (χ0n) is 12.5. The number of aromatic nitrogens is 3. The molecule has 0 unspecified atom stereocenters. The van der Waals surface area contributed by atoms with Crippen molar-refractivity contribution < 1.29 is 22.4 Å². The molecule has 0 spiro atoms. The summed E-state index contributed by atoms with van der Waals surface area (Å²) in [5.41, 5.74) is -0.901. The van der Waals surface area contributed by atoms with Crippen molar-refractivity contribution in [2.24, 2.45) is 0 Å². The number of hydrogen-bond donors (Lipinski definition) is 1. The zero-order valence-corrected chi connectivity index (χ0v) is 12.5. The van der Waals surface area contributed by atoms with Gasteiger partial charge in [0.05, 0.1) is 5.56 Å². The molecule has 9 heteroatoms. The average molecular weight is 350 g/mol. The van der Waals surface area contributed by atoms with Crippen molar-refractivity contribution in [3.8, 4) is 5.69 Å². The smallest absolute Gasteiger partial charge is 0.322 e. The van der Waals surface area contributed by atoms with Crippen LogP contribution in [-0.2, 0) is 6.18 Å². The summed E-state index contributed by atoms with van der Waals surface area (Å²) in [6, 6.07) is 7.79. The van der Waals surface area contributed by atoms with E-state index in [1.54, 1.807) is 0 Å². The molecule has 128 valence electrons. The minimum absolute atomic E-state index is 0.101. The number of rotatable bonds is 3. The van der Waals surface area contributed by atoms with E-state index in [-0.39, 0.29) is 16.9 Å². The minimum atomic E-state index is -4.55. The van der Waals surface area contributed by atoms with Crippen LogP contribution in [0.5, 0.6) is 0 Å². The van der Waals surface area contributed by atoms with E-state index < -0.39 is 23.5 Å². The van der Waals surface area contributed by atoms with Gasteiger partial charge in [-0.15, -0.1) is 0 Å². The Balaban J connectivity index is 1.81. The van der Waals surface area contributed by atoms with Crippen LogP contribution in [0.2, 0.25) is 0 Å². The molecule has 1 heterocycles. The fourth-order valence-corrected chi connectivity index (χ4v) is 2.14. The second-order valence-corrected chi connectivity index (χ2v) is 5.04. The van der Waals surface area contributed by atoms with Crippen molar-refractivity contribution in [3.63, 3.8) is 0 Å². The van der Waals surface area contributed by atoms with E-state index in [2.05, 4.69) is 15.4 Å². The first-order valence-corrected chi connectivity index (χ1v) is 6.98. The van der Waals surface area contributed by atoms with Gasteiger partial charge in [0, 0.05) is 11.3 Å². The molecule has 1 aromatic heterocycles. The summed E-state index contributed by atoms with van der Waals surface area (Å²) < 4.78 is 53.4. The standard InChI is InChI=1S/C16H10F4N4O/c17-13-7-12(4-5-14(13)24-9-21-8-22-24)23-15(25)10-2-1-3-11(6-10)16(18,19)20/h1-9H,(H,23,25). The number of benzene rings is 2. The van der Waals surface area contributed by atoms with Crippen molar-refractivity contribution in [2.45, 2.75) is 6.18 Å². The van der Waals surface area contributed by atoms with Gasteiger partial charge in [-0.05, 0) is 36.4 Å². The van der Waals surface area contributed by atoms with Crippen LogP contribution >= 0.6 is 0 Å². The summed E-state index contributed by atoms with van der Waals surface area (Å²) in [5.74, 6) is -1.45. The Morgan fingerprint density at radius 2 is 1.92 bits per heavy atom. The van der Waals surface area contributed by atoms with E-state index in [0.29, 0.717) is 0 Å². The van der Waals surface area contributed by atoms with Crippen LogP contribution in [0.4, 0.5) is 23.2 Å². The van der Waals surface area contributed by atoms with E-state index in [1.807, 2.05) is 0 Å². The van der Waals surface area contributed by atoms with Gasteiger partial charge in [-0.25, -0.2) is 14.1 Å². The molecule has 1 amide bonds. The van der Waals surface area contributed by atoms with Gasteiger partial charge in [-0.3, -0.25) is 4.79 Å². The largest absolute Gasteiger partial charge is 0.416 e. The number of alkyl halides is 3. The van der Waals surface area contributed by atoms with E-state index in [9.17, 15) is 22.4 Å². The van der Waals surface area contributed by atoms with Crippen LogP contribution in [0.1, 0.15) is 15.9 Å². The van der Waals surface area contributed by atoms with Gasteiger partial charge in [-0.1, -0.05) is 6.07 Å². The molecule has 0 atom stereocenters. The number of carbonyl (C=O) groups excluding carboxylic acids is 1. The summed E-state index contributed by atoms with van der Waals surface area (Å²) in [7, 11) is 0. The third-order valence-electron chi connectivity index (χ3n) is 3.32. The molecule has 0 bridgehead atoms. The van der Waals surface area contributed by atoms with E-state index in [4.69, 9.17) is 0 Å². The SMILES string of the molecule is O=C(Nc1ccc(-n2cncn2)c(F)c1)c1cccc(C(F)(F)F)c1. The predicted octanol–water partition coefficient (Wildman–Crippen LogP) is 3.68. The van der Waals surface area contributed by atoms with Gasteiger partial charge >= 0.3 is 6.18 Å². The number of anilines is 1. The van der Waals surface area contributed by atoms with Crippen molar-refractivity contribution in [3.05, 3.63) is 72.1 Å². The van der Waals surface area contributed by atoms with Crippen LogP contribution in [0.15, 0.2) is 55.1 Å². The summed E-state index contributed by atoms with van der Waals surface area (Å²) in [6.45, 7) is 0. The Morgan fingerprint density at radius 3 is 2.56 bits per heavy atom. The van der Waals surface area contributed by atoms with E-state index >= 15 is 0 Å². The molecule has 1 N–H and O–H groups in total. The quantitative estimate of drug-likeness (QED) is 0.733. The van der Waals surface area contributed by atoms with Crippen LogP contribution in [0, 0.1) is 5.82 Å². The first kappa shape index (κ1) is 16.6. The molecule has 3 rings (SSSR count). The van der Waals surface area contributed by atoms with Gasteiger partial charge in [-0.2, -0.15) is 18.3 Å². The highest BCUT2D eigenvalue weighted by Gasteiger charge is 2.30. The monoisotopic (exact) mass is 350 g/mol. The first-order chi connectivity index (χ1) is 11.8. The third-order valence-corrected chi connectivity index (χ3v) is 3.32. The maximum Gasteiger partial charge on any atom is 0.416 e. The van der Waals surface area contributed by atoms with Crippen molar-refractivity contribution in [1.82, 2.24) is 14.8 Å². The van der Waals surface area contributed by atoms with Gasteiger partial charge in [0.2, 0.25) is 0 Å². The molecule has 2 aromatic carbocycles. The average Bonchev–Trinajstić information content (AvgIpc) is 3.08. The molecular weight excluding hydrogens is 340 g/mol. The van der Waals surface area contributed by atoms with Crippen molar-refractivity contribution in [2.75, 3.05) is 5.32 Å². The molecule has 0 aliphatic rings. The van der Waals surface area contributed by atoms with Crippen LogP contribution in [0.3, 0.4) is 0 Å². The van der Waals surface area contributed by atoms with Crippen molar-refractivity contribution >= 4 is 11.6 Å². The summed E-state index contributed by atoms with van der Waals surface area (Å²) >= 11 is 0. The Bertz CT molecular complexity index is 907. The number of amides is 1. The molecule has 0 fully saturated rings. The molecule has 3 aromatic rings. The topological polar surface area (TPSA) is 59.8 Å². The van der Waals surface area contributed by atoms with Gasteiger partial charge in [0.15, 0.2) is 5.82 Å². The lowest BCUT2D eigenvalue weighted by molar-refractivity contribution is -0.137. The summed E-state index contributed by atoms with van der Waals surface area (Å²) in [4.78, 5) is 15.8. The van der Waals surface area contributed by atoms with Crippen LogP contribution < -0.4 is 5.32 Å². The normalized spacial score (nSPS) is 11.4. The molecule has 0 radical (unpaired) electrons. The molecular formula is C16H10F4N4O. The van der Waals surface area contributed by atoms with Crippen molar-refractivity contribution in [1.29, 1.82) is 0 Å². The second kappa shape index (κ2) is 6.34. The Hall–Kier alpha value is -3.23. The molecule has 0 aliphatic heterocycles. The highest BCUT2D eigenvalue weighted by molar-refractivity contribution is 6.04. The fourth-order valence-electron chi connectivity index (χ4n) is 2.14. The highest BCUT2D eigenvalue weighted by Crippen LogP contribution is 2.29. The summed E-state index contributed by atoms with van der Waals surface area (Å²) in [6.07, 6.45) is -2.01. The lowest BCUT2D eigenvalue weighted by atomic mass is 10.1. The number of carbonyl (C=O) groups is 1. The number of nitrogens with one attached hydrogen (secondary N) is 1. The van der Waals surface area contributed by atoms with E-state index in [0.717, 1.165) is 24.3 Å². The molecule has 0 aliphatic carbocycles. The highest BCUT2D eigenvalue weighted by atomic mass is 19.4. The second-order valence-electron chi connectivity index (χ2n) is 5.04. The summed E-state index contributed by atoms with van der Waals surface area (Å²) in [5, 5.41) is 6.15. The maximum absolute atomic E-state index is 14.1. The number of halogens is 4. The molecule has 0 saturated heterocycles. The maximum atomic E-state index is 14.1. The number of hydrogen-bond acceptors (Lipinski definition) is 3. The number of nitrogens with zero attached hydrogens (tertiary/aromatic N) is 3. The first-order valence-electron chi connectivity index (χ1n) is 6.98. The minimum Gasteiger partial charge on any atom is -0.322 e. The van der Waals surface area contributed by atoms with Gasteiger partial charge in [0.25, 0.3) is 5.91 Å². The third kappa shape index (κ3) is 3.65. The van der Waals surface area contributed by atoms with Gasteiger partial charge in [0.1, 0.15) is 18.3 Å². The van der Waals surface area contributed by atoms with E-state index in [1.165, 1.54) is 35.5 Å². The lowest BCUT2D eigenvalue weighted by Crippen LogP contribution is -2.14. The molecule has 5 nitrogen and oxygen atoms in total. The Labute approximate surface area is 138 Å². The van der Waals surface area contributed by atoms with Crippen LogP contribution in [-0.4, -0.2) is 20.7 Å². The Morgan fingerprint density at radius 1 is 1.12 bits per heavy atom. The van der Waals surface area contributed by atoms with Gasteiger partial charge < -0.3 is 5.32 Å². The molecule has 25 heavy (non-hydrogen) atoms. The fraction of sp³-hybridized carbons (Fsp3) is 0.0625. The van der Waals surface area contributed by atoms with Crippen LogP contribution in [0.25, 0.3) is 5.69 Å². The lowest BCUT2D eigenvalue weighted by Gasteiger charge is -2.10. The predicted molar refractivity (Wildman–Crippen MR) is 80.7 cm³/mol. The zero-order chi connectivity index (χ0) is 18.0.